The van der Waals surface area contributed by atoms with Crippen LogP contribution in [0, 0.1) is 5.82 Å². The number of nitrogens with one attached hydrogen (secondary N) is 3. The van der Waals surface area contributed by atoms with E-state index in [1.807, 2.05) is 0 Å². The lowest BCUT2D eigenvalue weighted by molar-refractivity contribution is -0.115. The summed E-state index contributed by atoms with van der Waals surface area (Å²) in [6.45, 7) is 1.40. The summed E-state index contributed by atoms with van der Waals surface area (Å²) in [5.74, 6) is -0.995. The molecule has 2 amide bonds. The predicted molar refractivity (Wildman–Crippen MR) is 89.3 cm³/mol. The fourth-order valence-electron chi connectivity index (χ4n) is 1.87. The Labute approximate surface area is 137 Å². The number of hydrogen-bond donors (Lipinski definition) is 3. The van der Waals surface area contributed by atoms with Crippen molar-refractivity contribution in [2.45, 2.75) is 6.92 Å². The van der Waals surface area contributed by atoms with Crippen molar-refractivity contribution in [1.29, 1.82) is 0 Å². The standard InChI is InChI=1S/C16H15ClFN3O2/c1-10(22)20-12-3-2-4-13(7-12)21-16(23)9-19-11-5-6-15(18)14(17)8-11/h2-8,19H,9H2,1H3,(H,20,22)(H,21,23). The molecule has 23 heavy (non-hydrogen) atoms. The molecule has 0 aromatic heterocycles. The molecular formula is C16H15ClFN3O2. The van der Waals surface area contributed by atoms with Crippen LogP contribution >= 0.6 is 11.6 Å². The third-order valence-electron chi connectivity index (χ3n) is 2.84. The second-order valence-electron chi connectivity index (χ2n) is 4.79. The van der Waals surface area contributed by atoms with Crippen LogP contribution < -0.4 is 16.0 Å². The number of benzene rings is 2. The van der Waals surface area contributed by atoms with Crippen LogP contribution in [0.4, 0.5) is 21.5 Å². The van der Waals surface area contributed by atoms with Gasteiger partial charge in [0, 0.05) is 24.0 Å². The minimum absolute atomic E-state index is 0.00761. The van der Waals surface area contributed by atoms with Crippen LogP contribution in [0.3, 0.4) is 0 Å². The molecule has 0 atom stereocenters. The Morgan fingerprint density at radius 3 is 2.39 bits per heavy atom. The van der Waals surface area contributed by atoms with Crippen molar-refractivity contribution in [3.8, 4) is 0 Å². The third kappa shape index (κ3) is 5.27. The molecule has 0 aliphatic heterocycles. The summed E-state index contributed by atoms with van der Waals surface area (Å²) in [4.78, 5) is 22.9. The van der Waals surface area contributed by atoms with Gasteiger partial charge in [0.05, 0.1) is 11.6 Å². The number of rotatable bonds is 5. The highest BCUT2D eigenvalue weighted by molar-refractivity contribution is 6.31. The van der Waals surface area contributed by atoms with Gasteiger partial charge in [0.25, 0.3) is 0 Å². The number of amides is 2. The topological polar surface area (TPSA) is 70.2 Å². The first-order valence-corrected chi connectivity index (χ1v) is 7.18. The highest BCUT2D eigenvalue weighted by atomic mass is 35.5. The lowest BCUT2D eigenvalue weighted by Crippen LogP contribution is -2.21. The van der Waals surface area contributed by atoms with Crippen molar-refractivity contribution in [3.05, 3.63) is 53.3 Å². The zero-order chi connectivity index (χ0) is 16.8. The van der Waals surface area contributed by atoms with E-state index in [4.69, 9.17) is 11.6 Å². The number of anilines is 3. The van der Waals surface area contributed by atoms with Crippen LogP contribution in [-0.2, 0) is 9.59 Å². The molecule has 0 aliphatic rings. The maximum absolute atomic E-state index is 13.0. The van der Waals surface area contributed by atoms with E-state index in [2.05, 4.69) is 16.0 Å². The molecule has 3 N–H and O–H groups in total. The minimum atomic E-state index is -0.517. The molecule has 7 heteroatoms. The first-order valence-electron chi connectivity index (χ1n) is 6.80. The average molecular weight is 336 g/mol. The average Bonchev–Trinajstić information content (AvgIpc) is 2.48. The Hall–Kier alpha value is -2.60. The number of carbonyl (C=O) groups excluding carboxylic acids is 2. The van der Waals surface area contributed by atoms with Gasteiger partial charge in [0.2, 0.25) is 11.8 Å². The molecule has 0 radical (unpaired) electrons. The van der Waals surface area contributed by atoms with Crippen molar-refractivity contribution in [2.24, 2.45) is 0 Å². The molecular weight excluding hydrogens is 321 g/mol. The van der Waals surface area contributed by atoms with E-state index in [1.54, 1.807) is 24.3 Å². The van der Waals surface area contributed by atoms with Crippen LogP contribution in [0.1, 0.15) is 6.92 Å². The largest absolute Gasteiger partial charge is 0.376 e. The highest BCUT2D eigenvalue weighted by Crippen LogP contribution is 2.19. The summed E-state index contributed by atoms with van der Waals surface area (Å²) < 4.78 is 13.0. The van der Waals surface area contributed by atoms with Gasteiger partial charge in [-0.05, 0) is 36.4 Å². The van der Waals surface area contributed by atoms with Gasteiger partial charge in [-0.3, -0.25) is 9.59 Å². The van der Waals surface area contributed by atoms with E-state index >= 15 is 0 Å². The summed E-state index contributed by atoms with van der Waals surface area (Å²) in [5.41, 5.74) is 1.69. The summed E-state index contributed by atoms with van der Waals surface area (Å²) in [5, 5.41) is 8.16. The molecule has 0 saturated carbocycles. The van der Waals surface area contributed by atoms with Gasteiger partial charge < -0.3 is 16.0 Å². The quantitative estimate of drug-likeness (QED) is 0.783. The Bertz CT molecular complexity index is 737. The second-order valence-corrected chi connectivity index (χ2v) is 5.20. The molecule has 2 aromatic carbocycles. The molecule has 0 heterocycles. The molecule has 2 rings (SSSR count). The molecule has 0 saturated heterocycles. The molecule has 5 nitrogen and oxygen atoms in total. The number of hydrogen-bond acceptors (Lipinski definition) is 3. The monoisotopic (exact) mass is 335 g/mol. The van der Waals surface area contributed by atoms with E-state index in [0.717, 1.165) is 0 Å². The molecule has 0 fully saturated rings. The predicted octanol–water partition coefficient (Wildman–Crippen LogP) is 3.49. The normalized spacial score (nSPS) is 10.0. The van der Waals surface area contributed by atoms with Crippen LogP contribution in [0.5, 0.6) is 0 Å². The molecule has 0 unspecified atom stereocenters. The molecule has 2 aromatic rings. The molecule has 0 aliphatic carbocycles. The Balaban J connectivity index is 1.91. The maximum atomic E-state index is 13.0. The lowest BCUT2D eigenvalue weighted by atomic mass is 10.2. The van der Waals surface area contributed by atoms with Crippen molar-refractivity contribution >= 4 is 40.5 Å². The summed E-state index contributed by atoms with van der Waals surface area (Å²) >= 11 is 5.67. The minimum Gasteiger partial charge on any atom is -0.376 e. The fraction of sp³-hybridized carbons (Fsp3) is 0.125. The van der Waals surface area contributed by atoms with Crippen LogP contribution in [0.15, 0.2) is 42.5 Å². The van der Waals surface area contributed by atoms with Gasteiger partial charge in [-0.1, -0.05) is 17.7 Å². The first kappa shape index (κ1) is 16.8. The van der Waals surface area contributed by atoms with Crippen molar-refractivity contribution in [3.63, 3.8) is 0 Å². The SMILES string of the molecule is CC(=O)Nc1cccc(NC(=O)CNc2ccc(F)c(Cl)c2)c1. The summed E-state index contributed by atoms with van der Waals surface area (Å²) in [7, 11) is 0. The highest BCUT2D eigenvalue weighted by Gasteiger charge is 2.05. The number of halogens is 2. The third-order valence-corrected chi connectivity index (χ3v) is 3.13. The summed E-state index contributed by atoms with van der Waals surface area (Å²) in [6, 6.07) is 10.9. The van der Waals surface area contributed by atoms with Crippen molar-refractivity contribution in [1.82, 2.24) is 0 Å². The van der Waals surface area contributed by atoms with E-state index in [9.17, 15) is 14.0 Å². The van der Waals surface area contributed by atoms with Gasteiger partial charge >= 0.3 is 0 Å². The van der Waals surface area contributed by atoms with Gasteiger partial charge in [0.15, 0.2) is 0 Å². The van der Waals surface area contributed by atoms with Gasteiger partial charge in [-0.15, -0.1) is 0 Å². The molecule has 0 bridgehead atoms. The van der Waals surface area contributed by atoms with E-state index in [-0.39, 0.29) is 23.4 Å². The zero-order valence-electron chi connectivity index (χ0n) is 12.3. The lowest BCUT2D eigenvalue weighted by Gasteiger charge is -2.09. The summed E-state index contributed by atoms with van der Waals surface area (Å²) in [6.07, 6.45) is 0. The van der Waals surface area contributed by atoms with E-state index < -0.39 is 5.82 Å². The van der Waals surface area contributed by atoms with Crippen molar-refractivity contribution in [2.75, 3.05) is 22.5 Å². The fourth-order valence-corrected chi connectivity index (χ4v) is 2.05. The van der Waals surface area contributed by atoms with E-state index in [0.29, 0.717) is 17.1 Å². The number of carbonyl (C=O) groups is 2. The second kappa shape index (κ2) is 7.60. The van der Waals surface area contributed by atoms with E-state index in [1.165, 1.54) is 25.1 Å². The first-order chi connectivity index (χ1) is 10.9. The zero-order valence-corrected chi connectivity index (χ0v) is 13.1. The Morgan fingerprint density at radius 1 is 1.04 bits per heavy atom. The molecule has 120 valence electrons. The Kier molecular flexibility index (Phi) is 5.54. The van der Waals surface area contributed by atoms with Gasteiger partial charge in [-0.2, -0.15) is 0 Å². The van der Waals surface area contributed by atoms with Crippen LogP contribution in [0.25, 0.3) is 0 Å². The molecule has 0 spiro atoms. The smallest absolute Gasteiger partial charge is 0.243 e. The maximum Gasteiger partial charge on any atom is 0.243 e. The van der Waals surface area contributed by atoms with Gasteiger partial charge in [-0.25, -0.2) is 4.39 Å². The van der Waals surface area contributed by atoms with Gasteiger partial charge in [0.1, 0.15) is 5.82 Å². The van der Waals surface area contributed by atoms with Crippen LogP contribution in [-0.4, -0.2) is 18.4 Å². The van der Waals surface area contributed by atoms with Crippen molar-refractivity contribution < 1.29 is 14.0 Å². The Morgan fingerprint density at radius 2 is 1.74 bits per heavy atom. The van der Waals surface area contributed by atoms with Crippen LogP contribution in [0.2, 0.25) is 5.02 Å².